The minimum Gasteiger partial charge on any atom is -0.293 e. The molecule has 4 aliphatic carbocycles. The maximum atomic E-state index is 12.9. The van der Waals surface area contributed by atoms with Crippen LogP contribution in [0.15, 0.2) is 6.07 Å². The third-order valence-corrected chi connectivity index (χ3v) is 7.20. The van der Waals surface area contributed by atoms with Gasteiger partial charge in [-0.05, 0) is 74.3 Å². The molecule has 4 aliphatic rings. The van der Waals surface area contributed by atoms with Crippen molar-refractivity contribution in [3.8, 4) is 0 Å². The molecule has 4 bridgehead atoms. The van der Waals surface area contributed by atoms with Crippen LogP contribution in [-0.2, 0) is 0 Å². The molecule has 0 atom stereocenters. The molecule has 4 fully saturated rings. The van der Waals surface area contributed by atoms with E-state index < -0.39 is 0 Å². The first-order chi connectivity index (χ1) is 9.11. The molecule has 102 valence electrons. The van der Waals surface area contributed by atoms with Gasteiger partial charge in [-0.3, -0.25) is 4.79 Å². The Balaban J connectivity index is 1.63. The Hall–Kier alpha value is -0.340. The lowest BCUT2D eigenvalue weighted by atomic mass is 9.51. The Labute approximate surface area is 123 Å². The van der Waals surface area contributed by atoms with Gasteiger partial charge in [-0.25, -0.2) is 0 Å². The molecule has 1 nitrogen and oxygen atoms in total. The van der Waals surface area contributed by atoms with Gasteiger partial charge in [0, 0.05) is 5.92 Å². The number of halogens is 1. The van der Waals surface area contributed by atoms with E-state index in [1.165, 1.54) is 43.4 Å². The van der Waals surface area contributed by atoms with Crippen LogP contribution in [0.25, 0.3) is 0 Å². The molecule has 1 aromatic heterocycles. The molecule has 5 rings (SSSR count). The smallest absolute Gasteiger partial charge is 0.176 e. The number of thiophene rings is 1. The van der Waals surface area contributed by atoms with Crippen LogP contribution in [0, 0.1) is 36.5 Å². The summed E-state index contributed by atoms with van der Waals surface area (Å²) in [7, 11) is 0. The summed E-state index contributed by atoms with van der Waals surface area (Å²) >= 11 is 7.61. The van der Waals surface area contributed by atoms with Crippen LogP contribution in [0.1, 0.15) is 47.3 Å². The average Bonchev–Trinajstić information content (AvgIpc) is 2.68. The van der Waals surface area contributed by atoms with Crippen LogP contribution in [-0.4, -0.2) is 5.78 Å². The van der Waals surface area contributed by atoms with Crippen molar-refractivity contribution in [2.45, 2.75) is 39.0 Å². The summed E-state index contributed by atoms with van der Waals surface area (Å²) in [6.45, 7) is 1.99. The summed E-state index contributed by atoms with van der Waals surface area (Å²) in [4.78, 5) is 13.8. The Bertz CT molecular complexity index is 485. The highest BCUT2D eigenvalue weighted by Gasteiger charge is 2.50. The van der Waals surface area contributed by atoms with Crippen molar-refractivity contribution in [1.29, 1.82) is 0 Å². The lowest BCUT2D eigenvalue weighted by molar-refractivity contribution is -0.0249. The normalized spacial score (nSPS) is 39.8. The van der Waals surface area contributed by atoms with Gasteiger partial charge in [0.1, 0.15) is 0 Å². The van der Waals surface area contributed by atoms with E-state index in [9.17, 15) is 4.79 Å². The first kappa shape index (κ1) is 12.4. The van der Waals surface area contributed by atoms with Crippen molar-refractivity contribution in [3.63, 3.8) is 0 Å². The van der Waals surface area contributed by atoms with E-state index in [0.29, 0.717) is 23.5 Å². The summed E-state index contributed by atoms with van der Waals surface area (Å²) in [5.74, 6) is 3.91. The van der Waals surface area contributed by atoms with E-state index in [4.69, 9.17) is 11.6 Å². The molecule has 3 heteroatoms. The third-order valence-electron chi connectivity index (χ3n) is 5.63. The standard InChI is InChI=1S/C16H19ClOS/c1-8-2-13(19-16(8)17)15(18)14-11-4-9-3-10(6-11)7-12(14)5-9/h2,9-12,14H,3-7H2,1H3. The van der Waals surface area contributed by atoms with E-state index >= 15 is 0 Å². The maximum absolute atomic E-state index is 12.9. The largest absolute Gasteiger partial charge is 0.293 e. The number of carbonyl (C=O) groups excluding carboxylic acids is 1. The number of hydrogen-bond donors (Lipinski definition) is 0. The predicted molar refractivity (Wildman–Crippen MR) is 78.9 cm³/mol. The van der Waals surface area contributed by atoms with Gasteiger partial charge in [0.25, 0.3) is 0 Å². The first-order valence-corrected chi connectivity index (χ1v) is 8.61. The van der Waals surface area contributed by atoms with Crippen molar-refractivity contribution in [2.24, 2.45) is 29.6 Å². The zero-order chi connectivity index (χ0) is 13.1. The highest BCUT2D eigenvalue weighted by molar-refractivity contribution is 7.18. The molecule has 0 N–H and O–H groups in total. The highest BCUT2D eigenvalue weighted by atomic mass is 35.5. The van der Waals surface area contributed by atoms with Crippen molar-refractivity contribution >= 4 is 28.7 Å². The van der Waals surface area contributed by atoms with Crippen LogP contribution in [0.5, 0.6) is 0 Å². The molecule has 0 radical (unpaired) electrons. The number of ketones is 1. The number of hydrogen-bond acceptors (Lipinski definition) is 2. The molecule has 19 heavy (non-hydrogen) atoms. The Morgan fingerprint density at radius 2 is 1.74 bits per heavy atom. The first-order valence-electron chi connectivity index (χ1n) is 7.42. The number of aryl methyl sites for hydroxylation is 1. The second kappa shape index (κ2) is 4.33. The molecular formula is C16H19ClOS. The summed E-state index contributed by atoms with van der Waals surface area (Å²) < 4.78 is 0.784. The van der Waals surface area contributed by atoms with Gasteiger partial charge in [-0.15, -0.1) is 11.3 Å². The minimum absolute atomic E-state index is 0.307. The van der Waals surface area contributed by atoms with Gasteiger partial charge in [0.05, 0.1) is 9.21 Å². The van der Waals surface area contributed by atoms with Crippen molar-refractivity contribution in [1.82, 2.24) is 0 Å². The monoisotopic (exact) mass is 294 g/mol. The molecule has 0 amide bonds. The number of rotatable bonds is 2. The predicted octanol–water partition coefficient (Wildman–Crippen LogP) is 4.96. The highest BCUT2D eigenvalue weighted by Crippen LogP contribution is 2.57. The average molecular weight is 295 g/mol. The second-order valence-electron chi connectivity index (χ2n) is 6.89. The summed E-state index contributed by atoms with van der Waals surface area (Å²) in [6, 6.07) is 2.00. The van der Waals surface area contributed by atoms with Crippen LogP contribution < -0.4 is 0 Å². The topological polar surface area (TPSA) is 17.1 Å². The van der Waals surface area contributed by atoms with Gasteiger partial charge in [-0.1, -0.05) is 11.6 Å². The molecule has 4 saturated carbocycles. The Morgan fingerprint density at radius 1 is 1.16 bits per heavy atom. The van der Waals surface area contributed by atoms with Crippen molar-refractivity contribution in [2.75, 3.05) is 0 Å². The van der Waals surface area contributed by atoms with Crippen LogP contribution >= 0.6 is 22.9 Å². The molecule has 0 aromatic carbocycles. The Morgan fingerprint density at radius 3 is 2.21 bits per heavy atom. The van der Waals surface area contributed by atoms with Gasteiger partial charge in [0.2, 0.25) is 0 Å². The lowest BCUT2D eigenvalue weighted by Gasteiger charge is -2.53. The number of carbonyl (C=O) groups is 1. The lowest BCUT2D eigenvalue weighted by Crippen LogP contribution is -2.47. The second-order valence-corrected chi connectivity index (χ2v) is 8.54. The third kappa shape index (κ3) is 1.91. The summed E-state index contributed by atoms with van der Waals surface area (Å²) in [6.07, 6.45) is 6.67. The Kier molecular flexibility index (Phi) is 2.82. The van der Waals surface area contributed by atoms with Crippen LogP contribution in [0.3, 0.4) is 0 Å². The molecule has 0 saturated heterocycles. The van der Waals surface area contributed by atoms with Gasteiger partial charge in [-0.2, -0.15) is 0 Å². The van der Waals surface area contributed by atoms with Crippen molar-refractivity contribution < 1.29 is 4.79 Å². The molecule has 0 spiro atoms. The fourth-order valence-corrected chi connectivity index (χ4v) is 6.29. The minimum atomic E-state index is 0.307. The molecular weight excluding hydrogens is 276 g/mol. The van der Waals surface area contributed by atoms with Crippen LogP contribution in [0.4, 0.5) is 0 Å². The summed E-state index contributed by atoms with van der Waals surface area (Å²) in [5.41, 5.74) is 1.05. The zero-order valence-electron chi connectivity index (χ0n) is 11.2. The fourth-order valence-electron chi connectivity index (χ4n) is 5.10. The number of Topliss-reactive ketones (excluding diaryl/α,β-unsaturated/α-hetero) is 1. The zero-order valence-corrected chi connectivity index (χ0v) is 12.8. The van der Waals surface area contributed by atoms with Gasteiger partial charge < -0.3 is 0 Å². The maximum Gasteiger partial charge on any atom is 0.176 e. The van der Waals surface area contributed by atoms with E-state index in [1.54, 1.807) is 0 Å². The van der Waals surface area contributed by atoms with E-state index in [0.717, 1.165) is 26.6 Å². The molecule has 1 aromatic rings. The van der Waals surface area contributed by atoms with Crippen LogP contribution in [0.2, 0.25) is 4.34 Å². The van der Waals surface area contributed by atoms with Gasteiger partial charge in [0.15, 0.2) is 5.78 Å². The fraction of sp³-hybridized carbons (Fsp3) is 0.688. The quantitative estimate of drug-likeness (QED) is 0.704. The van der Waals surface area contributed by atoms with E-state index in [2.05, 4.69) is 0 Å². The van der Waals surface area contributed by atoms with Gasteiger partial charge >= 0.3 is 0 Å². The van der Waals surface area contributed by atoms with E-state index in [-0.39, 0.29) is 0 Å². The molecule has 0 aliphatic heterocycles. The molecule has 0 unspecified atom stereocenters. The van der Waals surface area contributed by atoms with E-state index in [1.807, 2.05) is 13.0 Å². The molecule has 1 heterocycles. The SMILES string of the molecule is Cc1cc(C(=O)C2C3CC4CC(C3)CC2C4)sc1Cl. The van der Waals surface area contributed by atoms with Crippen molar-refractivity contribution in [3.05, 3.63) is 20.8 Å². The summed E-state index contributed by atoms with van der Waals surface area (Å²) in [5, 5.41) is 0.